The molecule has 2 heterocycles. The average Bonchev–Trinajstić information content (AvgIpc) is 2.94. The van der Waals surface area contributed by atoms with Crippen molar-refractivity contribution in [3.63, 3.8) is 0 Å². The zero-order chi connectivity index (χ0) is 27.8. The molecule has 4 rings (SSSR count). The molecule has 0 bridgehead atoms. The van der Waals surface area contributed by atoms with E-state index < -0.39 is 6.09 Å². The minimum atomic E-state index is -0.681. The highest BCUT2D eigenvalue weighted by Crippen LogP contribution is 2.32. The molecule has 39 heavy (non-hydrogen) atoms. The Morgan fingerprint density at radius 3 is 2.62 bits per heavy atom. The van der Waals surface area contributed by atoms with Gasteiger partial charge in [-0.3, -0.25) is 4.90 Å². The maximum absolute atomic E-state index is 12.7. The van der Waals surface area contributed by atoms with Gasteiger partial charge in [0.1, 0.15) is 5.82 Å². The highest BCUT2D eigenvalue weighted by atomic mass is 35.5. The molecule has 0 spiro atoms. The maximum Gasteiger partial charge on any atom is 0.420 e. The van der Waals surface area contributed by atoms with E-state index in [1.807, 2.05) is 18.2 Å². The molecule has 0 unspecified atom stereocenters. The molecule has 0 radical (unpaired) electrons. The molecule has 1 amide bonds. The summed E-state index contributed by atoms with van der Waals surface area (Å²) in [5, 5.41) is 3.80. The molecule has 1 aromatic heterocycles. The molecule has 1 aliphatic heterocycles. The zero-order valence-corrected chi connectivity index (χ0v) is 23.7. The van der Waals surface area contributed by atoms with Crippen LogP contribution in [0.25, 0.3) is 0 Å². The van der Waals surface area contributed by atoms with Gasteiger partial charge >= 0.3 is 6.09 Å². The molecule has 10 nitrogen and oxygen atoms in total. The van der Waals surface area contributed by atoms with Gasteiger partial charge in [-0.1, -0.05) is 23.2 Å². The number of methoxy groups -OCH3 is 1. The summed E-state index contributed by atoms with van der Waals surface area (Å²) in [6.07, 6.45) is 1.79. The predicted molar refractivity (Wildman–Crippen MR) is 153 cm³/mol. The number of piperazine rings is 1. The van der Waals surface area contributed by atoms with Crippen molar-refractivity contribution in [2.24, 2.45) is 0 Å². The number of carbonyl (C=O) groups excluding carboxylic acids is 1. The van der Waals surface area contributed by atoms with E-state index in [1.54, 1.807) is 25.3 Å². The highest BCUT2D eigenvalue weighted by molar-refractivity contribution is 6.34. The molecular weight excluding hydrogens is 543 g/mol. The van der Waals surface area contributed by atoms with Gasteiger partial charge in [-0.05, 0) is 43.8 Å². The van der Waals surface area contributed by atoms with Crippen LogP contribution in [0.2, 0.25) is 10.0 Å². The Kier molecular flexibility index (Phi) is 10.0. The van der Waals surface area contributed by atoms with E-state index in [-0.39, 0.29) is 16.7 Å². The van der Waals surface area contributed by atoms with E-state index in [0.29, 0.717) is 34.6 Å². The fraction of sp³-hybridized carbons (Fsp3) is 0.370. The van der Waals surface area contributed by atoms with Crippen LogP contribution in [0.15, 0.2) is 48.7 Å². The third-order valence-corrected chi connectivity index (χ3v) is 6.79. The largest absolute Gasteiger partial charge is 0.493 e. The lowest BCUT2D eigenvalue weighted by atomic mass is 10.2. The number of ether oxygens (including phenoxy) is 3. The molecule has 12 heteroatoms. The van der Waals surface area contributed by atoms with Crippen LogP contribution in [-0.2, 0) is 0 Å². The smallest absolute Gasteiger partial charge is 0.420 e. The van der Waals surface area contributed by atoms with Gasteiger partial charge in [-0.15, -0.1) is 0 Å². The standard InChI is InChI=1S/C27H32Cl2N6O4/c1-33-12-14-35(15-13-33)11-4-16-38-22-8-6-20(18-24(22)37-3)31-26-30-10-9-25(32-26)34(2)27(36)39-23-17-19(28)5-7-21(23)29/h5-10,17-18H,4,11-16H2,1-3H3,(H,30,31,32). The van der Waals surface area contributed by atoms with Crippen LogP contribution in [0.3, 0.4) is 0 Å². The summed E-state index contributed by atoms with van der Waals surface area (Å²) in [5.74, 6) is 2.02. The number of nitrogens with one attached hydrogen (secondary N) is 1. The first-order valence-corrected chi connectivity index (χ1v) is 13.3. The van der Waals surface area contributed by atoms with Gasteiger partial charge in [-0.2, -0.15) is 4.98 Å². The number of hydrogen-bond acceptors (Lipinski definition) is 9. The van der Waals surface area contributed by atoms with Crippen molar-refractivity contribution in [1.29, 1.82) is 0 Å². The van der Waals surface area contributed by atoms with Crippen LogP contribution in [-0.4, -0.2) is 86.4 Å². The maximum atomic E-state index is 12.7. The first-order valence-electron chi connectivity index (χ1n) is 12.5. The molecule has 2 aromatic carbocycles. The fourth-order valence-electron chi connectivity index (χ4n) is 3.94. The summed E-state index contributed by atoms with van der Waals surface area (Å²) in [4.78, 5) is 27.4. The number of halogens is 2. The quantitative estimate of drug-likeness (QED) is 0.328. The van der Waals surface area contributed by atoms with E-state index in [2.05, 4.69) is 32.1 Å². The van der Waals surface area contributed by atoms with Crippen molar-refractivity contribution in [1.82, 2.24) is 19.8 Å². The number of rotatable bonds is 10. The third kappa shape index (κ3) is 8.09. The lowest BCUT2D eigenvalue weighted by Gasteiger charge is -2.32. The Bertz CT molecular complexity index is 1270. The minimum absolute atomic E-state index is 0.155. The Hall–Kier alpha value is -3.31. The van der Waals surface area contributed by atoms with Gasteiger partial charge in [0, 0.05) is 68.8 Å². The van der Waals surface area contributed by atoms with Gasteiger partial charge in [-0.25, -0.2) is 9.78 Å². The van der Waals surface area contributed by atoms with Gasteiger partial charge in [0.25, 0.3) is 0 Å². The van der Waals surface area contributed by atoms with Crippen molar-refractivity contribution < 1.29 is 19.0 Å². The average molecular weight is 575 g/mol. The lowest BCUT2D eigenvalue weighted by Crippen LogP contribution is -2.44. The van der Waals surface area contributed by atoms with Gasteiger partial charge < -0.3 is 29.3 Å². The summed E-state index contributed by atoms with van der Waals surface area (Å²) in [5.41, 5.74) is 0.699. The van der Waals surface area contributed by atoms with E-state index >= 15 is 0 Å². The van der Waals surface area contributed by atoms with Crippen molar-refractivity contribution >= 4 is 46.7 Å². The molecule has 1 fully saturated rings. The number of hydrogen-bond donors (Lipinski definition) is 1. The summed E-state index contributed by atoms with van der Waals surface area (Å²) >= 11 is 12.1. The highest BCUT2D eigenvalue weighted by Gasteiger charge is 2.18. The summed E-state index contributed by atoms with van der Waals surface area (Å²) in [6, 6.07) is 11.7. The Morgan fingerprint density at radius 1 is 1.05 bits per heavy atom. The molecule has 0 atom stereocenters. The van der Waals surface area contributed by atoms with E-state index in [9.17, 15) is 4.79 Å². The number of nitrogens with zero attached hydrogens (tertiary/aromatic N) is 5. The predicted octanol–water partition coefficient (Wildman–Crippen LogP) is 5.19. The Labute approximate surface area is 238 Å². The third-order valence-electron chi connectivity index (χ3n) is 6.24. The minimum Gasteiger partial charge on any atom is -0.493 e. The molecule has 0 saturated carbocycles. The van der Waals surface area contributed by atoms with Crippen LogP contribution in [0.1, 0.15) is 6.42 Å². The van der Waals surface area contributed by atoms with Crippen molar-refractivity contribution in [3.05, 3.63) is 58.7 Å². The second-order valence-corrected chi connectivity index (χ2v) is 9.92. The van der Waals surface area contributed by atoms with E-state index in [1.165, 1.54) is 24.2 Å². The van der Waals surface area contributed by atoms with Crippen molar-refractivity contribution in [2.75, 3.05) is 70.8 Å². The Balaban J connectivity index is 1.33. The number of likely N-dealkylation sites (N-methyl/N-ethyl adjacent to an activating group) is 1. The fourth-order valence-corrected chi connectivity index (χ4v) is 4.26. The molecule has 1 saturated heterocycles. The number of aromatic nitrogens is 2. The Morgan fingerprint density at radius 2 is 1.85 bits per heavy atom. The second-order valence-electron chi connectivity index (χ2n) is 9.08. The summed E-state index contributed by atoms with van der Waals surface area (Å²) in [7, 11) is 5.29. The first-order chi connectivity index (χ1) is 18.8. The zero-order valence-electron chi connectivity index (χ0n) is 22.2. The normalized spacial score (nSPS) is 14.1. The van der Waals surface area contributed by atoms with Gasteiger partial charge in [0.15, 0.2) is 17.2 Å². The number of anilines is 3. The number of amides is 1. The summed E-state index contributed by atoms with van der Waals surface area (Å²) in [6.45, 7) is 6.01. The number of benzene rings is 2. The van der Waals surface area contributed by atoms with Crippen LogP contribution in [0.5, 0.6) is 17.2 Å². The van der Waals surface area contributed by atoms with E-state index in [4.69, 9.17) is 37.4 Å². The van der Waals surface area contributed by atoms with Crippen LogP contribution in [0, 0.1) is 0 Å². The molecule has 0 aliphatic carbocycles. The van der Waals surface area contributed by atoms with Crippen LogP contribution >= 0.6 is 23.2 Å². The molecule has 208 valence electrons. The molecule has 1 N–H and O–H groups in total. The molecule has 3 aromatic rings. The monoisotopic (exact) mass is 574 g/mol. The van der Waals surface area contributed by atoms with Crippen LogP contribution < -0.4 is 24.4 Å². The SMILES string of the molecule is COc1cc(Nc2nccc(N(C)C(=O)Oc3cc(Cl)ccc3Cl)n2)ccc1OCCCN1CCN(C)CC1. The van der Waals surface area contributed by atoms with Gasteiger partial charge in [0.2, 0.25) is 5.95 Å². The van der Waals surface area contributed by atoms with Gasteiger partial charge in [0.05, 0.1) is 18.7 Å². The molecule has 1 aliphatic rings. The van der Waals surface area contributed by atoms with Crippen molar-refractivity contribution in [2.45, 2.75) is 6.42 Å². The molecular formula is C27H32Cl2N6O4. The number of carbonyl (C=O) groups is 1. The second kappa shape index (κ2) is 13.7. The first kappa shape index (κ1) is 28.7. The topological polar surface area (TPSA) is 92.3 Å². The van der Waals surface area contributed by atoms with E-state index in [0.717, 1.165) is 39.1 Å². The van der Waals surface area contributed by atoms with Crippen LogP contribution in [0.4, 0.5) is 22.2 Å². The summed E-state index contributed by atoms with van der Waals surface area (Å²) < 4.78 is 16.9. The lowest BCUT2D eigenvalue weighted by molar-refractivity contribution is 0.145. The van der Waals surface area contributed by atoms with Crippen molar-refractivity contribution in [3.8, 4) is 17.2 Å².